The van der Waals surface area contributed by atoms with Gasteiger partial charge in [-0.25, -0.2) is 8.42 Å². The molecule has 0 aliphatic carbocycles. The molecule has 174 valence electrons. The number of nitrogens with one attached hydrogen (secondary N) is 1. The van der Waals surface area contributed by atoms with Crippen LogP contribution in [0.2, 0.25) is 0 Å². The van der Waals surface area contributed by atoms with Crippen LogP contribution in [0.25, 0.3) is 0 Å². The van der Waals surface area contributed by atoms with Crippen molar-refractivity contribution in [3.8, 4) is 11.5 Å². The molecule has 0 unspecified atom stereocenters. The number of ether oxygens (including phenoxy) is 2. The SMILES string of the molecule is COc1ccc(OCCNC(=O)CCCN(c2cc([N+](=O)[O-])ccc2C)S(C)(=O)=O)cc1. The highest BCUT2D eigenvalue weighted by molar-refractivity contribution is 7.92. The molecule has 0 bridgehead atoms. The predicted octanol–water partition coefficient (Wildman–Crippen LogP) is 2.65. The number of non-ortho nitro benzene ring substituents is 1. The Kier molecular flexibility index (Phi) is 8.82. The molecule has 1 amide bonds. The average molecular weight is 466 g/mol. The number of rotatable bonds is 12. The minimum absolute atomic E-state index is 0.0244. The van der Waals surface area contributed by atoms with Crippen LogP contribution in [0.15, 0.2) is 42.5 Å². The van der Waals surface area contributed by atoms with Gasteiger partial charge in [0, 0.05) is 25.1 Å². The van der Waals surface area contributed by atoms with Gasteiger partial charge in [0.25, 0.3) is 5.69 Å². The zero-order chi connectivity index (χ0) is 23.7. The van der Waals surface area contributed by atoms with Crippen molar-refractivity contribution in [2.45, 2.75) is 19.8 Å². The summed E-state index contributed by atoms with van der Waals surface area (Å²) in [4.78, 5) is 22.6. The summed E-state index contributed by atoms with van der Waals surface area (Å²) in [7, 11) is -2.11. The number of amides is 1. The van der Waals surface area contributed by atoms with E-state index >= 15 is 0 Å². The van der Waals surface area contributed by atoms with E-state index in [0.717, 1.165) is 10.6 Å². The number of nitrogens with zero attached hydrogens (tertiary/aromatic N) is 2. The van der Waals surface area contributed by atoms with Gasteiger partial charge in [-0.15, -0.1) is 0 Å². The highest BCUT2D eigenvalue weighted by atomic mass is 32.2. The number of aryl methyl sites for hydroxylation is 1. The lowest BCUT2D eigenvalue weighted by molar-refractivity contribution is -0.384. The second-order valence-corrected chi connectivity index (χ2v) is 8.95. The van der Waals surface area contributed by atoms with Crippen LogP contribution < -0.4 is 19.1 Å². The van der Waals surface area contributed by atoms with Crippen LogP contribution in [0.1, 0.15) is 18.4 Å². The Morgan fingerprint density at radius 1 is 1.16 bits per heavy atom. The number of hydrogen-bond acceptors (Lipinski definition) is 7. The number of carbonyl (C=O) groups excluding carboxylic acids is 1. The van der Waals surface area contributed by atoms with Crippen LogP contribution in [-0.2, 0) is 14.8 Å². The van der Waals surface area contributed by atoms with E-state index in [-0.39, 0.29) is 43.3 Å². The van der Waals surface area contributed by atoms with E-state index < -0.39 is 14.9 Å². The monoisotopic (exact) mass is 465 g/mol. The first-order valence-corrected chi connectivity index (χ1v) is 11.7. The first kappa shape index (κ1) is 24.9. The Hall–Kier alpha value is -3.34. The van der Waals surface area contributed by atoms with Crippen LogP contribution in [-0.4, -0.2) is 52.3 Å². The highest BCUT2D eigenvalue weighted by Crippen LogP contribution is 2.27. The second-order valence-electron chi connectivity index (χ2n) is 7.04. The first-order chi connectivity index (χ1) is 15.1. The summed E-state index contributed by atoms with van der Waals surface area (Å²) >= 11 is 0. The fraction of sp³-hybridized carbons (Fsp3) is 0.381. The summed E-state index contributed by atoms with van der Waals surface area (Å²) in [5.74, 6) is 1.12. The maximum absolute atomic E-state index is 12.3. The van der Waals surface area contributed by atoms with E-state index in [9.17, 15) is 23.3 Å². The Morgan fingerprint density at radius 3 is 2.41 bits per heavy atom. The van der Waals surface area contributed by atoms with E-state index in [1.807, 2.05) is 0 Å². The van der Waals surface area contributed by atoms with Crippen molar-refractivity contribution in [2.75, 3.05) is 37.4 Å². The van der Waals surface area contributed by atoms with Crippen LogP contribution in [0.5, 0.6) is 11.5 Å². The second kappa shape index (κ2) is 11.3. The Balaban J connectivity index is 1.84. The van der Waals surface area contributed by atoms with E-state index in [4.69, 9.17) is 9.47 Å². The molecule has 1 N–H and O–H groups in total. The number of sulfonamides is 1. The van der Waals surface area contributed by atoms with Gasteiger partial charge in [-0.3, -0.25) is 19.2 Å². The first-order valence-electron chi connectivity index (χ1n) is 9.88. The van der Waals surface area contributed by atoms with Crippen molar-refractivity contribution in [3.05, 3.63) is 58.1 Å². The molecule has 10 nitrogen and oxygen atoms in total. The van der Waals surface area contributed by atoms with Gasteiger partial charge in [0.15, 0.2) is 0 Å². The molecule has 11 heteroatoms. The van der Waals surface area contributed by atoms with Crippen LogP contribution >= 0.6 is 0 Å². The van der Waals surface area contributed by atoms with E-state index in [1.54, 1.807) is 38.3 Å². The molecule has 0 aromatic heterocycles. The Morgan fingerprint density at radius 2 is 1.81 bits per heavy atom. The topological polar surface area (TPSA) is 128 Å². The van der Waals surface area contributed by atoms with Crippen molar-refractivity contribution in [1.29, 1.82) is 0 Å². The number of methoxy groups -OCH3 is 1. The van der Waals surface area contributed by atoms with Gasteiger partial charge < -0.3 is 14.8 Å². The smallest absolute Gasteiger partial charge is 0.271 e. The molecule has 0 aliphatic rings. The molecule has 0 aliphatic heterocycles. The van der Waals surface area contributed by atoms with Crippen molar-refractivity contribution >= 4 is 27.3 Å². The van der Waals surface area contributed by atoms with E-state index in [0.29, 0.717) is 23.6 Å². The summed E-state index contributed by atoms with van der Waals surface area (Å²) < 4.78 is 36.2. The normalized spacial score (nSPS) is 11.0. The van der Waals surface area contributed by atoms with Crippen molar-refractivity contribution in [3.63, 3.8) is 0 Å². The van der Waals surface area contributed by atoms with E-state index in [2.05, 4.69) is 5.32 Å². The molecule has 2 aromatic rings. The third-order valence-electron chi connectivity index (χ3n) is 4.59. The van der Waals surface area contributed by atoms with Crippen molar-refractivity contribution in [2.24, 2.45) is 0 Å². The molecule has 0 radical (unpaired) electrons. The van der Waals surface area contributed by atoms with Crippen LogP contribution in [0.4, 0.5) is 11.4 Å². The zero-order valence-electron chi connectivity index (χ0n) is 18.2. The van der Waals surface area contributed by atoms with Gasteiger partial charge in [0.05, 0.1) is 30.5 Å². The molecule has 2 aromatic carbocycles. The highest BCUT2D eigenvalue weighted by Gasteiger charge is 2.22. The zero-order valence-corrected chi connectivity index (χ0v) is 19.1. The molecule has 0 heterocycles. The number of hydrogen-bond donors (Lipinski definition) is 1. The van der Waals surface area contributed by atoms with Gasteiger partial charge in [0.2, 0.25) is 15.9 Å². The number of nitro benzene ring substituents is 1. The maximum atomic E-state index is 12.3. The van der Waals surface area contributed by atoms with Crippen LogP contribution in [0, 0.1) is 17.0 Å². The summed E-state index contributed by atoms with van der Waals surface area (Å²) in [6.45, 7) is 2.27. The standard InChI is InChI=1S/C21H27N3O7S/c1-16-6-7-17(24(26)27)15-20(16)23(32(3,28)29)13-4-5-21(25)22-12-14-31-19-10-8-18(30-2)9-11-19/h6-11,15H,4-5,12-14H2,1-3H3,(H,22,25). The van der Waals surface area contributed by atoms with Gasteiger partial charge in [0.1, 0.15) is 18.1 Å². The molecular weight excluding hydrogens is 438 g/mol. The van der Waals surface area contributed by atoms with E-state index in [1.165, 1.54) is 18.2 Å². The fourth-order valence-electron chi connectivity index (χ4n) is 2.95. The molecule has 32 heavy (non-hydrogen) atoms. The summed E-state index contributed by atoms with van der Waals surface area (Å²) in [6.07, 6.45) is 1.38. The average Bonchev–Trinajstić information content (AvgIpc) is 2.74. The van der Waals surface area contributed by atoms with Crippen molar-refractivity contribution in [1.82, 2.24) is 5.32 Å². The molecular formula is C21H27N3O7S. The number of anilines is 1. The lowest BCUT2D eigenvalue weighted by Gasteiger charge is -2.24. The minimum Gasteiger partial charge on any atom is -0.497 e. The molecule has 0 atom stereocenters. The number of benzene rings is 2. The minimum atomic E-state index is -3.69. The Bertz CT molecular complexity index is 1040. The number of carbonyl (C=O) groups is 1. The molecule has 0 spiro atoms. The largest absolute Gasteiger partial charge is 0.497 e. The summed E-state index contributed by atoms with van der Waals surface area (Å²) in [5, 5.41) is 13.8. The van der Waals surface area contributed by atoms with Gasteiger partial charge in [-0.2, -0.15) is 0 Å². The lowest BCUT2D eigenvalue weighted by atomic mass is 10.1. The summed E-state index contributed by atoms with van der Waals surface area (Å²) in [6, 6.07) is 11.1. The molecule has 0 saturated heterocycles. The van der Waals surface area contributed by atoms with Crippen LogP contribution in [0.3, 0.4) is 0 Å². The third kappa shape index (κ3) is 7.41. The third-order valence-corrected chi connectivity index (χ3v) is 5.77. The maximum Gasteiger partial charge on any atom is 0.271 e. The predicted molar refractivity (Wildman–Crippen MR) is 121 cm³/mol. The summed E-state index contributed by atoms with van der Waals surface area (Å²) in [5.41, 5.74) is 0.616. The number of nitro groups is 1. The van der Waals surface area contributed by atoms with Gasteiger partial charge in [-0.05, 0) is 43.2 Å². The molecule has 0 fully saturated rings. The molecule has 0 saturated carbocycles. The van der Waals surface area contributed by atoms with Gasteiger partial charge in [-0.1, -0.05) is 6.07 Å². The fourth-order valence-corrected chi connectivity index (χ4v) is 3.96. The Labute approximate surface area is 187 Å². The lowest BCUT2D eigenvalue weighted by Crippen LogP contribution is -2.33. The van der Waals surface area contributed by atoms with Crippen molar-refractivity contribution < 1.29 is 27.6 Å². The quantitative estimate of drug-likeness (QED) is 0.290. The van der Waals surface area contributed by atoms with Gasteiger partial charge >= 0.3 is 0 Å². The molecule has 2 rings (SSSR count).